The van der Waals surface area contributed by atoms with Crippen LogP contribution in [-0.2, 0) is 6.54 Å². The SMILES string of the molecule is CCN(CC)CCOc1ccc(CNC(=O)c2cccc(NC(=O)c3ccco3)c2)cc1OC. The quantitative estimate of drug-likeness (QED) is 0.417. The lowest BCUT2D eigenvalue weighted by Crippen LogP contribution is -2.28. The first kappa shape index (κ1) is 24.9. The molecule has 0 saturated carbocycles. The van der Waals surface area contributed by atoms with Crippen LogP contribution in [0.5, 0.6) is 11.5 Å². The van der Waals surface area contributed by atoms with Crippen molar-refractivity contribution in [1.29, 1.82) is 0 Å². The van der Waals surface area contributed by atoms with Gasteiger partial charge in [0.25, 0.3) is 11.8 Å². The number of ether oxygens (including phenoxy) is 2. The molecule has 0 atom stereocenters. The van der Waals surface area contributed by atoms with E-state index in [0.717, 1.165) is 25.2 Å². The number of methoxy groups -OCH3 is 1. The van der Waals surface area contributed by atoms with Crippen LogP contribution >= 0.6 is 0 Å². The Balaban J connectivity index is 1.56. The molecule has 2 amide bonds. The lowest BCUT2D eigenvalue weighted by atomic mass is 10.1. The fourth-order valence-corrected chi connectivity index (χ4v) is 3.39. The van der Waals surface area contributed by atoms with Crippen molar-refractivity contribution in [3.63, 3.8) is 0 Å². The highest BCUT2D eigenvalue weighted by molar-refractivity contribution is 6.03. The largest absolute Gasteiger partial charge is 0.493 e. The number of carbonyl (C=O) groups is 2. The van der Waals surface area contributed by atoms with Crippen molar-refractivity contribution in [3.05, 3.63) is 77.7 Å². The third-order valence-corrected chi connectivity index (χ3v) is 5.37. The van der Waals surface area contributed by atoms with Crippen LogP contribution in [0.15, 0.2) is 65.3 Å². The summed E-state index contributed by atoms with van der Waals surface area (Å²) in [5.74, 6) is 0.851. The Kier molecular flexibility index (Phi) is 9.11. The highest BCUT2D eigenvalue weighted by atomic mass is 16.5. The molecule has 1 aromatic heterocycles. The van der Waals surface area contributed by atoms with E-state index >= 15 is 0 Å². The van der Waals surface area contributed by atoms with E-state index < -0.39 is 0 Å². The predicted octanol–water partition coefficient (Wildman–Crippen LogP) is 4.19. The minimum Gasteiger partial charge on any atom is -0.493 e. The lowest BCUT2D eigenvalue weighted by Gasteiger charge is -2.19. The maximum absolute atomic E-state index is 12.7. The Morgan fingerprint density at radius 1 is 0.971 bits per heavy atom. The highest BCUT2D eigenvalue weighted by Crippen LogP contribution is 2.28. The third kappa shape index (κ3) is 6.86. The molecule has 180 valence electrons. The molecule has 0 unspecified atom stereocenters. The van der Waals surface area contributed by atoms with E-state index in [1.54, 1.807) is 43.5 Å². The number of rotatable bonds is 12. The zero-order valence-electron chi connectivity index (χ0n) is 19.8. The molecular formula is C26H31N3O5. The number of hydrogen-bond donors (Lipinski definition) is 2. The number of hydrogen-bond acceptors (Lipinski definition) is 6. The molecule has 0 radical (unpaired) electrons. The Morgan fingerprint density at radius 3 is 2.50 bits per heavy atom. The minimum absolute atomic E-state index is 0.198. The first-order chi connectivity index (χ1) is 16.5. The first-order valence-electron chi connectivity index (χ1n) is 11.3. The topological polar surface area (TPSA) is 93.0 Å². The Labute approximate surface area is 199 Å². The van der Waals surface area contributed by atoms with Crippen LogP contribution in [0.1, 0.15) is 40.3 Å². The van der Waals surface area contributed by atoms with E-state index in [2.05, 4.69) is 29.4 Å². The van der Waals surface area contributed by atoms with E-state index in [4.69, 9.17) is 13.9 Å². The number of nitrogens with one attached hydrogen (secondary N) is 2. The summed E-state index contributed by atoms with van der Waals surface area (Å²) in [7, 11) is 1.59. The first-order valence-corrected chi connectivity index (χ1v) is 11.3. The van der Waals surface area contributed by atoms with E-state index in [0.29, 0.717) is 35.9 Å². The Bertz CT molecular complexity index is 1080. The van der Waals surface area contributed by atoms with E-state index in [9.17, 15) is 9.59 Å². The smallest absolute Gasteiger partial charge is 0.291 e. The molecule has 8 nitrogen and oxygen atoms in total. The van der Waals surface area contributed by atoms with Gasteiger partial charge in [-0.2, -0.15) is 0 Å². The van der Waals surface area contributed by atoms with Gasteiger partial charge in [0.15, 0.2) is 17.3 Å². The number of furan rings is 1. The molecule has 34 heavy (non-hydrogen) atoms. The van der Waals surface area contributed by atoms with Gasteiger partial charge in [-0.05, 0) is 61.1 Å². The summed E-state index contributed by atoms with van der Waals surface area (Å²) in [6.07, 6.45) is 1.43. The van der Waals surface area contributed by atoms with Gasteiger partial charge in [-0.15, -0.1) is 0 Å². The second-order valence-corrected chi connectivity index (χ2v) is 7.56. The number of nitrogens with zero attached hydrogens (tertiary/aromatic N) is 1. The van der Waals surface area contributed by atoms with E-state index in [1.165, 1.54) is 6.26 Å². The molecular weight excluding hydrogens is 434 g/mol. The number of amides is 2. The number of anilines is 1. The van der Waals surface area contributed by atoms with Gasteiger partial charge in [-0.3, -0.25) is 9.59 Å². The van der Waals surface area contributed by atoms with E-state index in [1.807, 2.05) is 18.2 Å². The van der Waals surface area contributed by atoms with Gasteiger partial charge in [0.1, 0.15) is 6.61 Å². The predicted molar refractivity (Wildman–Crippen MR) is 131 cm³/mol. The molecule has 2 aromatic carbocycles. The van der Waals surface area contributed by atoms with Crippen molar-refractivity contribution >= 4 is 17.5 Å². The highest BCUT2D eigenvalue weighted by Gasteiger charge is 2.12. The fraction of sp³-hybridized carbons (Fsp3) is 0.308. The normalized spacial score (nSPS) is 10.7. The maximum atomic E-state index is 12.7. The molecule has 0 saturated heterocycles. The summed E-state index contributed by atoms with van der Waals surface area (Å²) >= 11 is 0. The van der Waals surface area contributed by atoms with Crippen molar-refractivity contribution in [2.75, 3.05) is 38.7 Å². The van der Waals surface area contributed by atoms with Gasteiger partial charge in [-0.25, -0.2) is 0 Å². The van der Waals surface area contributed by atoms with Crippen LogP contribution in [0, 0.1) is 0 Å². The van der Waals surface area contributed by atoms with Crippen LogP contribution in [0.2, 0.25) is 0 Å². The summed E-state index contributed by atoms with van der Waals surface area (Å²) in [5, 5.41) is 5.61. The standard InChI is InChI=1S/C26H31N3O5/c1-4-29(5-2)13-15-34-22-12-11-19(16-24(22)32-3)18-27-25(30)20-8-6-9-21(17-20)28-26(31)23-10-7-14-33-23/h6-12,14,16-17H,4-5,13,15,18H2,1-3H3,(H,27,30)(H,28,31). The molecule has 8 heteroatoms. The van der Waals surface area contributed by atoms with Crippen LogP contribution in [0.3, 0.4) is 0 Å². The van der Waals surface area contributed by atoms with Gasteiger partial charge in [0.05, 0.1) is 13.4 Å². The van der Waals surface area contributed by atoms with Crippen molar-refractivity contribution in [3.8, 4) is 11.5 Å². The number of benzene rings is 2. The van der Waals surface area contributed by atoms with Gasteiger partial charge in [0.2, 0.25) is 0 Å². The van der Waals surface area contributed by atoms with Gasteiger partial charge in [0, 0.05) is 24.3 Å². The summed E-state index contributed by atoms with van der Waals surface area (Å²) in [5.41, 5.74) is 1.81. The zero-order valence-corrected chi connectivity index (χ0v) is 19.8. The van der Waals surface area contributed by atoms with Crippen LogP contribution in [0.25, 0.3) is 0 Å². The monoisotopic (exact) mass is 465 g/mol. The van der Waals surface area contributed by atoms with Crippen molar-refractivity contribution in [1.82, 2.24) is 10.2 Å². The molecule has 3 aromatic rings. The summed E-state index contributed by atoms with van der Waals surface area (Å²) in [6, 6.07) is 15.5. The summed E-state index contributed by atoms with van der Waals surface area (Å²) in [4.78, 5) is 27.1. The average molecular weight is 466 g/mol. The van der Waals surface area contributed by atoms with Gasteiger partial charge >= 0.3 is 0 Å². The summed E-state index contributed by atoms with van der Waals surface area (Å²) in [6.45, 7) is 7.94. The van der Waals surface area contributed by atoms with Crippen molar-refractivity contribution in [2.45, 2.75) is 20.4 Å². The average Bonchev–Trinajstić information content (AvgIpc) is 3.41. The van der Waals surface area contributed by atoms with Crippen molar-refractivity contribution < 1.29 is 23.5 Å². The second-order valence-electron chi connectivity index (χ2n) is 7.56. The molecule has 0 aliphatic heterocycles. The fourth-order valence-electron chi connectivity index (χ4n) is 3.39. The molecule has 0 aliphatic rings. The molecule has 0 spiro atoms. The van der Waals surface area contributed by atoms with Gasteiger partial charge < -0.3 is 29.4 Å². The molecule has 2 N–H and O–H groups in total. The summed E-state index contributed by atoms with van der Waals surface area (Å²) < 4.78 is 16.5. The zero-order chi connectivity index (χ0) is 24.3. The third-order valence-electron chi connectivity index (χ3n) is 5.37. The molecule has 0 bridgehead atoms. The molecule has 0 aliphatic carbocycles. The van der Waals surface area contributed by atoms with E-state index in [-0.39, 0.29) is 17.6 Å². The number of likely N-dealkylation sites (N-methyl/N-ethyl adjacent to an activating group) is 1. The molecule has 1 heterocycles. The molecule has 0 fully saturated rings. The van der Waals surface area contributed by atoms with Crippen LogP contribution in [0.4, 0.5) is 5.69 Å². The lowest BCUT2D eigenvalue weighted by molar-refractivity contribution is 0.0949. The number of carbonyl (C=O) groups excluding carboxylic acids is 2. The van der Waals surface area contributed by atoms with Crippen LogP contribution in [-0.4, -0.2) is 50.1 Å². The Morgan fingerprint density at radius 2 is 1.79 bits per heavy atom. The van der Waals surface area contributed by atoms with Gasteiger partial charge in [-0.1, -0.05) is 26.0 Å². The maximum Gasteiger partial charge on any atom is 0.291 e. The minimum atomic E-state index is -0.381. The molecule has 3 rings (SSSR count). The Hall–Kier alpha value is -3.78. The second kappa shape index (κ2) is 12.5. The van der Waals surface area contributed by atoms with Crippen molar-refractivity contribution in [2.24, 2.45) is 0 Å². The van der Waals surface area contributed by atoms with Crippen LogP contribution < -0.4 is 20.1 Å².